The molecule has 6 aromatic rings. The Hall–Kier alpha value is -9.89. The molecule has 26 nitrogen and oxygen atoms in total. The number of fused-ring (bicyclic) bond motifs is 4. The molecular formula is C74H86N12O14S. The summed E-state index contributed by atoms with van der Waals surface area (Å²) in [7, 11) is 1.54. The number of nitrogens with zero attached hydrogens (tertiary/aromatic N) is 7. The molecule has 6 aliphatic rings. The number of hydrogen-bond acceptors (Lipinski definition) is 17. The first-order valence-electron chi connectivity index (χ1n) is 34.5. The summed E-state index contributed by atoms with van der Waals surface area (Å²) in [6.45, 7) is 13.5. The maximum atomic E-state index is 14.0. The van der Waals surface area contributed by atoms with Crippen molar-refractivity contribution in [1.82, 2.24) is 45.5 Å². The van der Waals surface area contributed by atoms with Gasteiger partial charge < -0.3 is 50.8 Å². The van der Waals surface area contributed by atoms with E-state index >= 15 is 0 Å². The molecule has 1 spiro atoms. The van der Waals surface area contributed by atoms with Crippen molar-refractivity contribution in [3.63, 3.8) is 0 Å². The summed E-state index contributed by atoms with van der Waals surface area (Å²) in [4.78, 5) is 143. The molecule has 8 amide bonds. The van der Waals surface area contributed by atoms with Crippen molar-refractivity contribution in [1.29, 1.82) is 0 Å². The summed E-state index contributed by atoms with van der Waals surface area (Å²) in [5.41, 5.74) is 5.27. The topological polar surface area (TPSA) is 343 Å². The normalized spacial score (nSPS) is 23.0. The van der Waals surface area contributed by atoms with Gasteiger partial charge in [0.05, 0.1) is 35.0 Å². The minimum atomic E-state index is -1.46. The van der Waals surface area contributed by atoms with Gasteiger partial charge in [0.25, 0.3) is 17.7 Å². The number of pyridine rings is 1. The average Bonchev–Trinajstić information content (AvgIpc) is 1.46. The second-order valence-electron chi connectivity index (χ2n) is 29.3. The van der Waals surface area contributed by atoms with Gasteiger partial charge in [-0.2, -0.15) is 5.10 Å². The number of para-hydroxylation sites is 1. The Morgan fingerprint density at radius 2 is 1.52 bits per heavy atom. The van der Waals surface area contributed by atoms with Crippen LogP contribution in [-0.4, -0.2) is 156 Å². The van der Waals surface area contributed by atoms with Crippen molar-refractivity contribution in [3.8, 4) is 11.1 Å². The molecule has 101 heavy (non-hydrogen) atoms. The third kappa shape index (κ3) is 14.4. The maximum absolute atomic E-state index is 14.0. The summed E-state index contributed by atoms with van der Waals surface area (Å²) in [6, 6.07) is 20.0. The van der Waals surface area contributed by atoms with E-state index in [2.05, 4.69) is 45.4 Å². The van der Waals surface area contributed by atoms with E-state index in [1.807, 2.05) is 59.0 Å². The molecular weight excluding hydrogens is 1310 g/mol. The molecule has 0 saturated heterocycles. The molecule has 0 radical (unpaired) electrons. The van der Waals surface area contributed by atoms with Crippen LogP contribution in [0.4, 0.5) is 21.4 Å². The number of nitrogens with one attached hydrogen (secondary N) is 5. The number of carboxylic acids is 2. The average molecular weight is 1400 g/mol. The standard InChI is InChI=1S/C74H86N12O14S/c1-43(2)61(81-57(87)18-9-8-12-28-85-58(88)25-26-59(85)89)65(94)76-44(3)63(92)77-48-21-19-46(20-22-48)35-99-69(98)79-54(32-60(90)91)66(95)83(7)30-31-100-73-38-71(6)36-70(5)37-72(39-73,40-74(70,71)41-73)42-86-45(4)51(33-75-86)49-23-24-56(80-62(49)67(96)97)84-29-27-47-14-13-15-50(52(47)34-84)64(93)82-68-78-53-16-10-11-17-55(53)101-68/h10-11,13-17,19-26,33,43-44,54,61H,8-9,12,18,27-32,34-42H2,1-7H3,(H,76,94)(H,77,92)(H,79,98)(H,81,87)(H,90,91)(H,96,97)(H,78,82,93)/t44-,54-,61-,70?,71?,72?,73?,74?/m0/s1. The largest absolute Gasteiger partial charge is 0.481 e. The third-order valence-electron chi connectivity index (χ3n) is 21.9. The molecule has 2 aliphatic heterocycles. The molecule has 12 rings (SSSR count). The number of anilines is 3. The second-order valence-corrected chi connectivity index (χ2v) is 30.4. The number of carbonyl (C=O) groups is 10. The van der Waals surface area contributed by atoms with E-state index in [4.69, 9.17) is 19.6 Å². The summed E-state index contributed by atoms with van der Waals surface area (Å²) < 4.78 is 15.4. The molecule has 7 N–H and O–H groups in total. The van der Waals surface area contributed by atoms with Crippen molar-refractivity contribution in [2.75, 3.05) is 48.8 Å². The second kappa shape index (κ2) is 28.3. The highest BCUT2D eigenvalue weighted by atomic mass is 32.1. The smallest absolute Gasteiger partial charge is 0.408 e. The molecule has 4 saturated carbocycles. The molecule has 3 aromatic heterocycles. The van der Waals surface area contributed by atoms with Crippen LogP contribution >= 0.6 is 11.3 Å². The van der Waals surface area contributed by atoms with Crippen LogP contribution in [-0.2, 0) is 69.2 Å². The molecule has 27 heteroatoms. The predicted octanol–water partition coefficient (Wildman–Crippen LogP) is 8.81. The Bertz CT molecular complexity index is 4290. The van der Waals surface area contributed by atoms with Gasteiger partial charge in [-0.15, -0.1) is 0 Å². The van der Waals surface area contributed by atoms with E-state index in [-0.39, 0.29) is 89.6 Å². The molecule has 5 heterocycles. The van der Waals surface area contributed by atoms with Crippen molar-refractivity contribution in [2.45, 2.75) is 162 Å². The fourth-order valence-corrected chi connectivity index (χ4v) is 18.4. The zero-order chi connectivity index (χ0) is 71.9. The number of likely N-dealkylation sites (N-methyl/N-ethyl adjacent to an activating group) is 1. The lowest BCUT2D eigenvalue weighted by molar-refractivity contribution is -0.158. The Morgan fingerprint density at radius 1 is 0.772 bits per heavy atom. The highest BCUT2D eigenvalue weighted by Gasteiger charge is 2.84. The number of aromatic nitrogens is 4. The number of unbranched alkanes of at least 4 members (excludes halogenated alkanes) is 2. The Labute approximate surface area is 588 Å². The Balaban J connectivity index is 0.619. The number of aromatic carboxylic acids is 1. The number of imide groups is 1. The molecule has 3 aromatic carbocycles. The van der Waals surface area contributed by atoms with Gasteiger partial charge in [-0.3, -0.25) is 53.3 Å². The van der Waals surface area contributed by atoms with Crippen molar-refractivity contribution in [2.24, 2.45) is 27.6 Å². The van der Waals surface area contributed by atoms with Gasteiger partial charge in [-0.05, 0) is 158 Å². The van der Waals surface area contributed by atoms with E-state index in [1.165, 1.54) is 42.4 Å². The van der Waals surface area contributed by atoms with E-state index in [9.17, 15) is 58.2 Å². The minimum Gasteiger partial charge on any atom is -0.481 e. The maximum Gasteiger partial charge on any atom is 0.408 e. The number of rotatable bonds is 29. The van der Waals surface area contributed by atoms with Gasteiger partial charge in [0, 0.05) is 86.4 Å². The van der Waals surface area contributed by atoms with Crippen molar-refractivity contribution < 1.29 is 67.6 Å². The summed E-state index contributed by atoms with van der Waals surface area (Å²) in [5.74, 6) is -5.38. The number of thiazole rings is 1. The van der Waals surface area contributed by atoms with Crippen molar-refractivity contribution in [3.05, 3.63) is 131 Å². The van der Waals surface area contributed by atoms with Gasteiger partial charge in [-0.25, -0.2) is 19.6 Å². The first-order valence-corrected chi connectivity index (χ1v) is 35.3. The quantitative estimate of drug-likeness (QED) is 0.0170. The first kappa shape index (κ1) is 71.0. The van der Waals surface area contributed by atoms with Gasteiger partial charge in [-0.1, -0.05) is 81.9 Å². The van der Waals surface area contributed by atoms with E-state index < -0.39 is 65.9 Å². The minimum absolute atomic E-state index is 0.0121. The number of carboxylic acid groups (broad SMARTS) is 2. The van der Waals surface area contributed by atoms with E-state index in [0.29, 0.717) is 84.2 Å². The number of aliphatic carboxylic acids is 1. The highest BCUT2D eigenvalue weighted by molar-refractivity contribution is 7.22. The van der Waals surface area contributed by atoms with Crippen LogP contribution in [0.15, 0.2) is 97.2 Å². The first-order chi connectivity index (χ1) is 48.1. The fraction of sp³-hybridized carbons (Fsp3) is 0.473. The fourth-order valence-electron chi connectivity index (χ4n) is 17.5. The Kier molecular flexibility index (Phi) is 19.9. The van der Waals surface area contributed by atoms with E-state index in [1.54, 1.807) is 56.4 Å². The van der Waals surface area contributed by atoms with Crippen LogP contribution in [0, 0.1) is 34.5 Å². The van der Waals surface area contributed by atoms with Gasteiger partial charge in [0.1, 0.15) is 30.6 Å². The number of benzene rings is 3. The molecule has 5 unspecified atom stereocenters. The van der Waals surface area contributed by atoms with Gasteiger partial charge >= 0.3 is 18.0 Å². The summed E-state index contributed by atoms with van der Waals surface area (Å²) in [6.07, 6.45) is 10.2. The van der Waals surface area contributed by atoms with Crippen LogP contribution in [0.5, 0.6) is 0 Å². The Morgan fingerprint density at radius 3 is 2.26 bits per heavy atom. The highest BCUT2D eigenvalue weighted by Crippen LogP contribution is 2.89. The zero-order valence-electron chi connectivity index (χ0n) is 57.8. The number of ether oxygens (including phenoxy) is 2. The zero-order valence-corrected chi connectivity index (χ0v) is 58.6. The molecule has 4 fully saturated rings. The van der Waals surface area contributed by atoms with Crippen molar-refractivity contribution >= 4 is 97.6 Å². The molecule has 3 bridgehead atoms. The van der Waals surface area contributed by atoms with Crippen LogP contribution in [0.3, 0.4) is 0 Å². The summed E-state index contributed by atoms with van der Waals surface area (Å²) in [5, 5.41) is 39.7. The lowest BCUT2D eigenvalue weighted by Crippen LogP contribution is -2.57. The monoisotopic (exact) mass is 1400 g/mol. The third-order valence-corrected chi connectivity index (χ3v) is 22.8. The number of amides is 8. The number of alkyl carbamates (subject to hydrolysis) is 1. The lowest BCUT2D eigenvalue weighted by atomic mass is 9.40. The van der Waals surface area contributed by atoms with Crippen LogP contribution in [0.1, 0.15) is 148 Å². The molecule has 8 atom stereocenters. The van der Waals surface area contributed by atoms with E-state index in [0.717, 1.165) is 70.5 Å². The van der Waals surface area contributed by atoms with Crippen LogP contribution in [0.2, 0.25) is 0 Å². The molecule has 4 aliphatic carbocycles. The number of carbonyl (C=O) groups excluding carboxylic acids is 8. The van der Waals surface area contributed by atoms with Crippen LogP contribution in [0.25, 0.3) is 21.3 Å². The SMILES string of the molecule is Cc1c(-c2ccc(N3CCc4cccc(C(=O)Nc5nc6ccccc6s5)c4C3)nc2C(=O)O)cnn1CC12CC3(OCCN(C)C(=O)[C@H](CC(=O)O)NC(=O)OCc4ccc(NC(=O)[C@H](C)NC(=O)[C@@H](NC(=O)CCCCCN5C(=O)C=CC5=O)C(C)C)cc4)CC4(C)CC(C)(C1)C4(C2)C3. The predicted molar refractivity (Wildman–Crippen MR) is 374 cm³/mol. The molecule has 532 valence electrons. The van der Waals surface area contributed by atoms with Gasteiger partial charge in [0.15, 0.2) is 10.8 Å². The van der Waals surface area contributed by atoms with Crippen LogP contribution < -0.4 is 31.5 Å². The van der Waals surface area contributed by atoms with Gasteiger partial charge in [0.2, 0.25) is 23.6 Å². The summed E-state index contributed by atoms with van der Waals surface area (Å²) >= 11 is 1.41. The lowest BCUT2D eigenvalue weighted by Gasteiger charge is -2.64. The number of hydrogen-bond donors (Lipinski definition) is 7.